The molecule has 7 nitrogen and oxygen atoms in total. The van der Waals surface area contributed by atoms with Gasteiger partial charge in [0.05, 0.1) is 0 Å². The Hall–Kier alpha value is -2.61. The van der Waals surface area contributed by atoms with Crippen molar-refractivity contribution in [1.82, 2.24) is 15.5 Å². The Labute approximate surface area is 268 Å². The Morgan fingerprint density at radius 3 is 2.12 bits per heavy atom. The van der Waals surface area contributed by atoms with Crippen molar-refractivity contribution in [1.29, 1.82) is 0 Å². The molecule has 1 heterocycles. The highest BCUT2D eigenvalue weighted by Gasteiger charge is 2.50. The zero-order chi connectivity index (χ0) is 29.6. The molecule has 0 radical (unpaired) electrons. The van der Waals surface area contributed by atoms with Crippen LogP contribution in [-0.2, 0) is 17.7 Å². The molecule has 4 fully saturated rings. The van der Waals surface area contributed by atoms with Gasteiger partial charge in [-0.05, 0) is 107 Å². The van der Waals surface area contributed by atoms with Crippen molar-refractivity contribution in [2.24, 2.45) is 23.2 Å². The number of hydrogen-bond donors (Lipinski definition) is 2. The number of carbonyl (C=O) groups is 2. The van der Waals surface area contributed by atoms with Gasteiger partial charge in [0, 0.05) is 43.9 Å². The predicted octanol–water partition coefficient (Wildman–Crippen LogP) is 3.10. The Balaban J connectivity index is 0.00000423. The minimum Gasteiger partial charge on any atom is -1.00 e. The molecule has 2 N–H and O–H groups in total. The molecule has 0 saturated heterocycles. The van der Waals surface area contributed by atoms with Crippen molar-refractivity contribution in [2.75, 3.05) is 26.2 Å². The van der Waals surface area contributed by atoms with Crippen LogP contribution in [0.25, 0.3) is 0 Å². The van der Waals surface area contributed by atoms with Crippen LogP contribution in [0.3, 0.4) is 0 Å². The Bertz CT molecular complexity index is 1150. The third-order valence-corrected chi connectivity index (χ3v) is 9.50. The molecule has 6 rings (SSSR count). The Kier molecular flexibility index (Phi) is 11.5. The summed E-state index contributed by atoms with van der Waals surface area (Å²) in [6.07, 6.45) is 15.0. The number of aryl methyl sites for hydroxylation is 1. The molecule has 0 atom stereocenters. The van der Waals surface area contributed by atoms with Crippen molar-refractivity contribution < 1.29 is 35.9 Å². The molecular formula is C35H51BrN4O3. The minimum absolute atomic E-state index is 0. The summed E-state index contributed by atoms with van der Waals surface area (Å²) in [5.41, 5.74) is 2.43. The summed E-state index contributed by atoms with van der Waals surface area (Å²) in [7, 11) is 0. The SMILES string of the molecule is CC(C)(C)OC(=O)NCCN(CCC12CC3CC(CC(C3)C1)C2)C(=O)NCCCc1cc[n+](Cc2ccccc2)cc1.[Br-]. The Morgan fingerprint density at radius 1 is 0.884 bits per heavy atom. The number of amides is 3. The number of halogens is 1. The smallest absolute Gasteiger partial charge is 0.407 e. The maximum atomic E-state index is 13.4. The van der Waals surface area contributed by atoms with Crippen LogP contribution in [0.4, 0.5) is 9.59 Å². The second-order valence-electron chi connectivity index (χ2n) is 14.3. The second kappa shape index (κ2) is 14.9. The monoisotopic (exact) mass is 654 g/mol. The van der Waals surface area contributed by atoms with Gasteiger partial charge in [0.15, 0.2) is 18.9 Å². The van der Waals surface area contributed by atoms with Crippen LogP contribution in [-0.4, -0.2) is 48.8 Å². The van der Waals surface area contributed by atoms with E-state index >= 15 is 0 Å². The zero-order valence-electron chi connectivity index (χ0n) is 26.3. The molecule has 4 bridgehead atoms. The van der Waals surface area contributed by atoms with Crippen LogP contribution in [0.1, 0.15) is 83.3 Å². The van der Waals surface area contributed by atoms with Gasteiger partial charge in [-0.25, -0.2) is 14.2 Å². The molecule has 0 aliphatic heterocycles. The van der Waals surface area contributed by atoms with Gasteiger partial charge in [-0.3, -0.25) is 0 Å². The molecule has 4 aliphatic rings. The van der Waals surface area contributed by atoms with E-state index in [9.17, 15) is 9.59 Å². The second-order valence-corrected chi connectivity index (χ2v) is 14.3. The summed E-state index contributed by atoms with van der Waals surface area (Å²) in [6, 6.07) is 14.8. The standard InChI is InChI=1S/C35H50N4O3.BrH/c1-34(2,3)42-33(41)37-15-19-39(18-13-35-23-29-20-30(24-35)22-31(21-29)25-35)32(40)36-14-7-10-27-11-16-38(17-12-27)26-28-8-5-4-6-9-28;/h4-6,8-9,11-12,16-17,29-31H,7,10,13-15,18-26H2,1-3H3,(H-,36,37,40,41);1H. The van der Waals surface area contributed by atoms with Crippen molar-refractivity contribution in [3.63, 3.8) is 0 Å². The van der Waals surface area contributed by atoms with Crippen LogP contribution >= 0.6 is 0 Å². The number of alkyl carbamates (subject to hydrolysis) is 1. The average molecular weight is 656 g/mol. The van der Waals surface area contributed by atoms with Gasteiger partial charge < -0.3 is 37.3 Å². The molecule has 8 heteroatoms. The fourth-order valence-corrected chi connectivity index (χ4v) is 8.04. The topological polar surface area (TPSA) is 74.5 Å². The van der Waals surface area contributed by atoms with E-state index in [-0.39, 0.29) is 23.0 Å². The van der Waals surface area contributed by atoms with E-state index in [0.717, 1.165) is 50.1 Å². The number of urea groups is 1. The molecule has 0 unspecified atom stereocenters. The predicted molar refractivity (Wildman–Crippen MR) is 165 cm³/mol. The van der Waals surface area contributed by atoms with Crippen LogP contribution in [0.5, 0.6) is 0 Å². The highest BCUT2D eigenvalue weighted by Crippen LogP contribution is 2.61. The largest absolute Gasteiger partial charge is 1.00 e. The number of carbonyl (C=O) groups excluding carboxylic acids is 2. The lowest BCUT2D eigenvalue weighted by Crippen LogP contribution is -3.00. The summed E-state index contributed by atoms with van der Waals surface area (Å²) < 4.78 is 7.58. The highest BCUT2D eigenvalue weighted by molar-refractivity contribution is 5.74. The summed E-state index contributed by atoms with van der Waals surface area (Å²) in [4.78, 5) is 27.5. The zero-order valence-corrected chi connectivity index (χ0v) is 27.9. The lowest BCUT2D eigenvalue weighted by atomic mass is 9.49. The number of nitrogens with zero attached hydrogens (tertiary/aromatic N) is 2. The quantitative estimate of drug-likeness (QED) is 0.273. The molecule has 236 valence electrons. The molecule has 3 amide bonds. The lowest BCUT2D eigenvalue weighted by molar-refractivity contribution is -0.688. The fraction of sp³-hybridized carbons (Fsp3) is 0.629. The first kappa shape index (κ1) is 33.3. The molecule has 1 aromatic carbocycles. The van der Waals surface area contributed by atoms with E-state index in [1.807, 2.05) is 31.7 Å². The summed E-state index contributed by atoms with van der Waals surface area (Å²) in [6.45, 7) is 8.67. The molecule has 4 saturated carbocycles. The number of rotatable bonds is 12. The van der Waals surface area contributed by atoms with Crippen molar-refractivity contribution in [3.05, 3.63) is 66.0 Å². The first-order valence-corrected chi connectivity index (χ1v) is 16.2. The molecule has 1 aromatic heterocycles. The van der Waals surface area contributed by atoms with E-state index in [2.05, 4.69) is 64.0 Å². The van der Waals surface area contributed by atoms with E-state index in [1.165, 1.54) is 49.7 Å². The van der Waals surface area contributed by atoms with Gasteiger partial charge in [0.1, 0.15) is 5.60 Å². The van der Waals surface area contributed by atoms with Gasteiger partial charge in [0.2, 0.25) is 0 Å². The number of nitrogens with one attached hydrogen (secondary N) is 2. The third kappa shape index (κ3) is 9.95. The molecular weight excluding hydrogens is 604 g/mol. The molecule has 4 aliphatic carbocycles. The van der Waals surface area contributed by atoms with Crippen LogP contribution in [0, 0.1) is 23.2 Å². The highest BCUT2D eigenvalue weighted by atomic mass is 79.9. The molecule has 43 heavy (non-hydrogen) atoms. The maximum absolute atomic E-state index is 13.4. The summed E-state index contributed by atoms with van der Waals surface area (Å²) in [5, 5.41) is 6.01. The number of benzene rings is 1. The van der Waals surface area contributed by atoms with E-state index in [1.54, 1.807) is 0 Å². The van der Waals surface area contributed by atoms with Gasteiger partial charge in [-0.2, -0.15) is 0 Å². The van der Waals surface area contributed by atoms with Crippen LogP contribution < -0.4 is 32.2 Å². The lowest BCUT2D eigenvalue weighted by Gasteiger charge is -2.57. The summed E-state index contributed by atoms with van der Waals surface area (Å²) in [5.74, 6) is 2.70. The number of hydrogen-bond acceptors (Lipinski definition) is 3. The molecule has 0 spiro atoms. The van der Waals surface area contributed by atoms with Crippen LogP contribution in [0.15, 0.2) is 54.9 Å². The van der Waals surface area contributed by atoms with Gasteiger partial charge in [0.25, 0.3) is 0 Å². The van der Waals surface area contributed by atoms with Crippen molar-refractivity contribution in [2.45, 2.75) is 90.7 Å². The number of aromatic nitrogens is 1. The first-order chi connectivity index (χ1) is 20.1. The average Bonchev–Trinajstić information content (AvgIpc) is 2.92. The molecule has 2 aromatic rings. The first-order valence-electron chi connectivity index (χ1n) is 16.2. The number of pyridine rings is 1. The van der Waals surface area contributed by atoms with Crippen molar-refractivity contribution >= 4 is 12.1 Å². The van der Waals surface area contributed by atoms with Gasteiger partial charge >= 0.3 is 12.1 Å². The number of ether oxygens (including phenoxy) is 1. The van der Waals surface area contributed by atoms with E-state index < -0.39 is 11.7 Å². The van der Waals surface area contributed by atoms with Crippen molar-refractivity contribution in [3.8, 4) is 0 Å². The fourth-order valence-electron chi connectivity index (χ4n) is 8.04. The maximum Gasteiger partial charge on any atom is 0.407 e. The van der Waals surface area contributed by atoms with Gasteiger partial charge in [-0.1, -0.05) is 30.3 Å². The van der Waals surface area contributed by atoms with E-state index in [4.69, 9.17) is 4.74 Å². The van der Waals surface area contributed by atoms with Crippen LogP contribution in [0.2, 0.25) is 0 Å². The minimum atomic E-state index is -0.541. The third-order valence-electron chi connectivity index (χ3n) is 9.50. The van der Waals surface area contributed by atoms with Gasteiger partial charge in [-0.15, -0.1) is 0 Å². The normalized spacial score (nSPS) is 23.7. The Morgan fingerprint density at radius 2 is 1.51 bits per heavy atom. The summed E-state index contributed by atoms with van der Waals surface area (Å²) >= 11 is 0. The van der Waals surface area contributed by atoms with E-state index in [0.29, 0.717) is 25.0 Å².